The molecule has 0 aromatic heterocycles. The molecule has 0 bridgehead atoms. The van der Waals surface area contributed by atoms with Crippen LogP contribution in [0.15, 0.2) is 42.5 Å². The largest absolute Gasteiger partial charge is 0.453 e. The lowest BCUT2D eigenvalue weighted by Crippen LogP contribution is -2.27. The second kappa shape index (κ2) is 6.83. The molecule has 3 nitrogen and oxygen atoms in total. The zero-order chi connectivity index (χ0) is 18.1. The molecule has 0 unspecified atom stereocenters. The van der Waals surface area contributed by atoms with Crippen LogP contribution in [-0.2, 0) is 6.18 Å². The van der Waals surface area contributed by atoms with E-state index in [9.17, 15) is 13.2 Å². The number of benzene rings is 2. The van der Waals surface area contributed by atoms with E-state index in [1.807, 2.05) is 29.2 Å². The number of nitrogens with zero attached hydrogens (tertiary/aromatic N) is 2. The van der Waals surface area contributed by atoms with E-state index < -0.39 is 11.7 Å². The van der Waals surface area contributed by atoms with Crippen LogP contribution < -0.4 is 9.64 Å². The van der Waals surface area contributed by atoms with E-state index in [2.05, 4.69) is 4.90 Å². The summed E-state index contributed by atoms with van der Waals surface area (Å²) in [6.07, 6.45) is -1.01. The molecule has 1 fully saturated rings. The van der Waals surface area contributed by atoms with Gasteiger partial charge in [0.25, 0.3) is 0 Å². The SMILES string of the molecule is FC(F)(F)c1ccc2c(c1)N(CCCN1CCCC1)c1ccccc1O2. The van der Waals surface area contributed by atoms with E-state index >= 15 is 0 Å². The molecule has 2 aromatic rings. The highest BCUT2D eigenvalue weighted by Crippen LogP contribution is 2.48. The predicted molar refractivity (Wildman–Crippen MR) is 95.3 cm³/mol. The van der Waals surface area contributed by atoms with Gasteiger partial charge in [0, 0.05) is 6.54 Å². The van der Waals surface area contributed by atoms with Crippen LogP contribution in [0.5, 0.6) is 11.5 Å². The van der Waals surface area contributed by atoms with Crippen molar-refractivity contribution in [3.05, 3.63) is 48.0 Å². The number of fused-ring (bicyclic) bond motifs is 2. The molecular weight excluding hydrogens is 341 g/mol. The van der Waals surface area contributed by atoms with Crippen molar-refractivity contribution in [3.8, 4) is 11.5 Å². The number of hydrogen-bond acceptors (Lipinski definition) is 3. The first kappa shape index (κ1) is 17.2. The van der Waals surface area contributed by atoms with Crippen molar-refractivity contribution in [3.63, 3.8) is 0 Å². The number of rotatable bonds is 4. The monoisotopic (exact) mass is 362 g/mol. The molecule has 0 aliphatic carbocycles. The quantitative estimate of drug-likeness (QED) is 0.721. The molecule has 0 N–H and O–H groups in total. The van der Waals surface area contributed by atoms with Crippen LogP contribution in [0, 0.1) is 0 Å². The smallest absolute Gasteiger partial charge is 0.416 e. The van der Waals surface area contributed by atoms with Gasteiger partial charge in [-0.3, -0.25) is 0 Å². The van der Waals surface area contributed by atoms with Crippen LogP contribution in [-0.4, -0.2) is 31.1 Å². The molecule has 0 radical (unpaired) electrons. The zero-order valence-corrected chi connectivity index (χ0v) is 14.4. The molecule has 0 atom stereocenters. The van der Waals surface area contributed by atoms with Crippen LogP contribution in [0.2, 0.25) is 0 Å². The van der Waals surface area contributed by atoms with Gasteiger partial charge in [-0.25, -0.2) is 0 Å². The first-order chi connectivity index (χ1) is 12.5. The number of anilines is 2. The Morgan fingerprint density at radius 3 is 2.38 bits per heavy atom. The predicted octanol–water partition coefficient (Wildman–Crippen LogP) is 5.44. The number of hydrogen-bond donors (Lipinski definition) is 0. The molecule has 6 heteroatoms. The van der Waals surface area contributed by atoms with Crippen LogP contribution in [0.25, 0.3) is 0 Å². The summed E-state index contributed by atoms with van der Waals surface area (Å²) in [6, 6.07) is 11.2. The summed E-state index contributed by atoms with van der Waals surface area (Å²) < 4.78 is 45.3. The van der Waals surface area contributed by atoms with Gasteiger partial charge in [0.05, 0.1) is 16.9 Å². The fraction of sp³-hybridized carbons (Fsp3) is 0.400. The highest BCUT2D eigenvalue weighted by atomic mass is 19.4. The van der Waals surface area contributed by atoms with Gasteiger partial charge in [-0.15, -0.1) is 0 Å². The number of likely N-dealkylation sites (tertiary alicyclic amines) is 1. The van der Waals surface area contributed by atoms with E-state index in [4.69, 9.17) is 4.74 Å². The fourth-order valence-electron chi connectivity index (χ4n) is 3.71. The Kier molecular flexibility index (Phi) is 4.53. The van der Waals surface area contributed by atoms with Gasteiger partial charge in [0.1, 0.15) is 0 Å². The minimum absolute atomic E-state index is 0.470. The van der Waals surface area contributed by atoms with Gasteiger partial charge in [-0.05, 0) is 69.2 Å². The summed E-state index contributed by atoms with van der Waals surface area (Å²) >= 11 is 0. The Hall–Kier alpha value is -2.21. The maximum Gasteiger partial charge on any atom is 0.416 e. The summed E-state index contributed by atoms with van der Waals surface area (Å²) in [6.45, 7) is 3.86. The summed E-state index contributed by atoms with van der Waals surface area (Å²) in [5, 5.41) is 0. The minimum Gasteiger partial charge on any atom is -0.453 e. The topological polar surface area (TPSA) is 15.7 Å². The van der Waals surface area contributed by atoms with Crippen LogP contribution in [0.1, 0.15) is 24.8 Å². The van der Waals surface area contributed by atoms with E-state index in [1.165, 1.54) is 25.0 Å². The molecule has 26 heavy (non-hydrogen) atoms. The maximum absolute atomic E-state index is 13.2. The lowest BCUT2D eigenvalue weighted by Gasteiger charge is -2.33. The average molecular weight is 362 g/mol. The van der Waals surface area contributed by atoms with E-state index in [0.29, 0.717) is 23.7 Å². The Bertz CT molecular complexity index is 785. The van der Waals surface area contributed by atoms with Crippen molar-refractivity contribution in [2.45, 2.75) is 25.4 Å². The van der Waals surface area contributed by atoms with Gasteiger partial charge in [0.15, 0.2) is 11.5 Å². The molecule has 0 amide bonds. The van der Waals surface area contributed by atoms with Crippen LogP contribution >= 0.6 is 0 Å². The molecule has 0 saturated carbocycles. The van der Waals surface area contributed by atoms with Crippen molar-refractivity contribution >= 4 is 11.4 Å². The maximum atomic E-state index is 13.2. The normalized spacial score (nSPS) is 17.0. The van der Waals surface area contributed by atoms with Gasteiger partial charge in [-0.1, -0.05) is 12.1 Å². The summed E-state index contributed by atoms with van der Waals surface area (Å²) in [7, 11) is 0. The molecule has 2 aromatic carbocycles. The summed E-state index contributed by atoms with van der Waals surface area (Å²) in [5.41, 5.74) is 0.657. The molecule has 2 aliphatic rings. The van der Waals surface area contributed by atoms with Crippen molar-refractivity contribution < 1.29 is 17.9 Å². The van der Waals surface area contributed by atoms with Crippen LogP contribution in [0.3, 0.4) is 0 Å². The van der Waals surface area contributed by atoms with E-state index in [1.54, 1.807) is 0 Å². The summed E-state index contributed by atoms with van der Waals surface area (Å²) in [4.78, 5) is 4.37. The molecule has 0 spiro atoms. The van der Waals surface area contributed by atoms with Crippen molar-refractivity contribution in [2.24, 2.45) is 0 Å². The average Bonchev–Trinajstić information content (AvgIpc) is 3.13. The fourth-order valence-corrected chi connectivity index (χ4v) is 3.71. The molecule has 138 valence electrons. The number of halogens is 3. The number of ether oxygens (including phenoxy) is 1. The number of para-hydroxylation sites is 2. The molecular formula is C20H21F3N2O. The minimum atomic E-state index is -4.37. The number of alkyl halides is 3. The Morgan fingerprint density at radius 2 is 1.62 bits per heavy atom. The van der Waals surface area contributed by atoms with Gasteiger partial charge in [-0.2, -0.15) is 13.2 Å². The third kappa shape index (κ3) is 3.38. The molecule has 2 heterocycles. The molecule has 1 saturated heterocycles. The second-order valence-electron chi connectivity index (χ2n) is 6.80. The van der Waals surface area contributed by atoms with Crippen molar-refractivity contribution in [2.75, 3.05) is 31.1 Å². The highest BCUT2D eigenvalue weighted by Gasteiger charge is 2.33. The lowest BCUT2D eigenvalue weighted by atomic mass is 10.1. The van der Waals surface area contributed by atoms with Gasteiger partial charge < -0.3 is 14.5 Å². The molecule has 4 rings (SSSR count). The van der Waals surface area contributed by atoms with Crippen molar-refractivity contribution in [1.82, 2.24) is 4.90 Å². The van der Waals surface area contributed by atoms with Crippen molar-refractivity contribution in [1.29, 1.82) is 0 Å². The summed E-state index contributed by atoms with van der Waals surface area (Å²) in [5.74, 6) is 1.15. The van der Waals surface area contributed by atoms with Gasteiger partial charge >= 0.3 is 6.18 Å². The lowest BCUT2D eigenvalue weighted by molar-refractivity contribution is -0.137. The third-order valence-electron chi connectivity index (χ3n) is 5.01. The Balaban J connectivity index is 1.62. The zero-order valence-electron chi connectivity index (χ0n) is 14.4. The van der Waals surface area contributed by atoms with E-state index in [0.717, 1.165) is 37.8 Å². The molecule has 2 aliphatic heterocycles. The van der Waals surface area contributed by atoms with Gasteiger partial charge in [0.2, 0.25) is 0 Å². The highest BCUT2D eigenvalue weighted by molar-refractivity contribution is 5.78. The first-order valence-corrected chi connectivity index (χ1v) is 9.00. The Morgan fingerprint density at radius 1 is 0.885 bits per heavy atom. The second-order valence-corrected chi connectivity index (χ2v) is 6.80. The third-order valence-corrected chi connectivity index (χ3v) is 5.01. The Labute approximate surface area is 151 Å². The first-order valence-electron chi connectivity index (χ1n) is 9.00. The standard InChI is InChI=1S/C20H21F3N2O/c21-20(22,23)15-8-9-19-17(14-15)25(13-5-12-24-10-3-4-11-24)16-6-1-2-7-18(16)26-19/h1-2,6-9,14H,3-5,10-13H2. The van der Waals surface area contributed by atoms with E-state index in [-0.39, 0.29) is 0 Å². The van der Waals surface area contributed by atoms with Crippen LogP contribution in [0.4, 0.5) is 24.5 Å².